The lowest BCUT2D eigenvalue weighted by molar-refractivity contribution is -0.129. The molecular formula is C19H28N2O2. The van der Waals surface area contributed by atoms with Gasteiger partial charge in [-0.2, -0.15) is 0 Å². The fourth-order valence-electron chi connectivity index (χ4n) is 3.15. The lowest BCUT2D eigenvalue weighted by Crippen LogP contribution is -2.37. The first kappa shape index (κ1) is 17.5. The SMILES string of the molecule is CC(=O)N(CCCc1ccccc1)CCC(=O)NC1CCCC1. The minimum absolute atomic E-state index is 0.0479. The van der Waals surface area contributed by atoms with Crippen molar-refractivity contribution in [1.29, 1.82) is 0 Å². The van der Waals surface area contributed by atoms with Crippen LogP contribution in [0.3, 0.4) is 0 Å². The molecular weight excluding hydrogens is 288 g/mol. The maximum absolute atomic E-state index is 12.0. The van der Waals surface area contributed by atoms with Gasteiger partial charge >= 0.3 is 0 Å². The zero-order valence-electron chi connectivity index (χ0n) is 14.1. The molecule has 2 rings (SSSR count). The molecule has 2 amide bonds. The van der Waals surface area contributed by atoms with E-state index < -0.39 is 0 Å². The number of amides is 2. The second kappa shape index (κ2) is 9.33. The van der Waals surface area contributed by atoms with E-state index in [4.69, 9.17) is 0 Å². The highest BCUT2D eigenvalue weighted by Gasteiger charge is 2.18. The zero-order valence-corrected chi connectivity index (χ0v) is 14.1. The Morgan fingerprint density at radius 2 is 1.83 bits per heavy atom. The minimum atomic E-state index is 0.0479. The van der Waals surface area contributed by atoms with E-state index in [2.05, 4.69) is 17.4 Å². The Kier molecular flexibility index (Phi) is 7.11. The summed E-state index contributed by atoms with van der Waals surface area (Å²) in [5.74, 6) is 0.123. The van der Waals surface area contributed by atoms with Crippen LogP contribution in [0, 0.1) is 0 Å². The molecule has 1 N–H and O–H groups in total. The summed E-state index contributed by atoms with van der Waals surface area (Å²) in [6.07, 6.45) is 6.90. The number of carbonyl (C=O) groups excluding carboxylic acids is 2. The van der Waals surface area contributed by atoms with Crippen molar-refractivity contribution in [2.45, 2.75) is 57.9 Å². The predicted octanol–water partition coefficient (Wildman–Crippen LogP) is 2.92. The molecule has 126 valence electrons. The second-order valence-corrected chi connectivity index (χ2v) is 6.39. The van der Waals surface area contributed by atoms with Gasteiger partial charge in [0.2, 0.25) is 11.8 Å². The van der Waals surface area contributed by atoms with Crippen molar-refractivity contribution >= 4 is 11.8 Å². The van der Waals surface area contributed by atoms with Crippen LogP contribution in [-0.2, 0) is 16.0 Å². The summed E-state index contributed by atoms with van der Waals surface area (Å²) in [6.45, 7) is 2.81. The van der Waals surface area contributed by atoms with Crippen LogP contribution in [0.15, 0.2) is 30.3 Å². The molecule has 1 fully saturated rings. The van der Waals surface area contributed by atoms with Crippen LogP contribution < -0.4 is 5.32 Å². The summed E-state index contributed by atoms with van der Waals surface area (Å²) in [5.41, 5.74) is 1.29. The van der Waals surface area contributed by atoms with Gasteiger partial charge in [0.15, 0.2) is 0 Å². The van der Waals surface area contributed by atoms with Gasteiger partial charge in [-0.05, 0) is 31.2 Å². The van der Waals surface area contributed by atoms with Crippen LogP contribution in [-0.4, -0.2) is 35.8 Å². The smallest absolute Gasteiger partial charge is 0.221 e. The lowest BCUT2D eigenvalue weighted by Gasteiger charge is -2.21. The number of aryl methyl sites for hydroxylation is 1. The Hall–Kier alpha value is -1.84. The highest BCUT2D eigenvalue weighted by molar-refractivity contribution is 5.78. The van der Waals surface area contributed by atoms with Crippen LogP contribution >= 0.6 is 0 Å². The fraction of sp³-hybridized carbons (Fsp3) is 0.579. The fourth-order valence-corrected chi connectivity index (χ4v) is 3.15. The van der Waals surface area contributed by atoms with Gasteiger partial charge in [-0.25, -0.2) is 0 Å². The number of carbonyl (C=O) groups is 2. The van der Waals surface area contributed by atoms with E-state index in [1.807, 2.05) is 18.2 Å². The zero-order chi connectivity index (χ0) is 16.5. The molecule has 4 nitrogen and oxygen atoms in total. The first-order chi connectivity index (χ1) is 11.1. The van der Waals surface area contributed by atoms with Crippen LogP contribution in [0.4, 0.5) is 0 Å². The van der Waals surface area contributed by atoms with Crippen molar-refractivity contribution in [2.24, 2.45) is 0 Å². The minimum Gasteiger partial charge on any atom is -0.353 e. The van der Waals surface area contributed by atoms with Gasteiger partial charge in [-0.15, -0.1) is 0 Å². The Balaban J connectivity index is 1.68. The average molecular weight is 316 g/mol. The van der Waals surface area contributed by atoms with Gasteiger partial charge in [0.25, 0.3) is 0 Å². The molecule has 0 atom stereocenters. The molecule has 23 heavy (non-hydrogen) atoms. The van der Waals surface area contributed by atoms with Crippen LogP contribution in [0.1, 0.15) is 51.0 Å². The molecule has 1 aromatic rings. The number of hydrogen-bond donors (Lipinski definition) is 1. The summed E-state index contributed by atoms with van der Waals surface area (Å²) in [6, 6.07) is 10.6. The summed E-state index contributed by atoms with van der Waals surface area (Å²) in [5, 5.41) is 3.08. The topological polar surface area (TPSA) is 49.4 Å². The maximum Gasteiger partial charge on any atom is 0.221 e. The Morgan fingerprint density at radius 3 is 2.48 bits per heavy atom. The lowest BCUT2D eigenvalue weighted by atomic mass is 10.1. The standard InChI is InChI=1S/C19H28N2O2/c1-16(22)21(14-7-10-17-8-3-2-4-9-17)15-13-19(23)20-18-11-5-6-12-18/h2-4,8-9,18H,5-7,10-15H2,1H3,(H,20,23). The van der Waals surface area contributed by atoms with E-state index in [0.29, 0.717) is 25.6 Å². The first-order valence-corrected chi connectivity index (χ1v) is 8.74. The van der Waals surface area contributed by atoms with Crippen molar-refractivity contribution < 1.29 is 9.59 Å². The summed E-state index contributed by atoms with van der Waals surface area (Å²) >= 11 is 0. The van der Waals surface area contributed by atoms with E-state index in [1.54, 1.807) is 11.8 Å². The van der Waals surface area contributed by atoms with Crippen molar-refractivity contribution in [1.82, 2.24) is 10.2 Å². The number of nitrogens with zero attached hydrogens (tertiary/aromatic N) is 1. The largest absolute Gasteiger partial charge is 0.353 e. The van der Waals surface area contributed by atoms with E-state index >= 15 is 0 Å². The Morgan fingerprint density at radius 1 is 1.13 bits per heavy atom. The maximum atomic E-state index is 12.0. The predicted molar refractivity (Wildman–Crippen MR) is 92.0 cm³/mol. The van der Waals surface area contributed by atoms with Gasteiger partial charge in [-0.1, -0.05) is 43.2 Å². The van der Waals surface area contributed by atoms with Crippen molar-refractivity contribution in [3.8, 4) is 0 Å². The summed E-state index contributed by atoms with van der Waals surface area (Å²) in [7, 11) is 0. The number of benzene rings is 1. The third kappa shape index (κ3) is 6.43. The van der Waals surface area contributed by atoms with E-state index in [-0.39, 0.29) is 11.8 Å². The molecule has 1 aliphatic carbocycles. The van der Waals surface area contributed by atoms with E-state index in [9.17, 15) is 9.59 Å². The van der Waals surface area contributed by atoms with Crippen molar-refractivity contribution in [3.63, 3.8) is 0 Å². The van der Waals surface area contributed by atoms with Crippen LogP contribution in [0.25, 0.3) is 0 Å². The molecule has 0 heterocycles. The van der Waals surface area contributed by atoms with Crippen LogP contribution in [0.2, 0.25) is 0 Å². The number of rotatable bonds is 8. The molecule has 0 aromatic heterocycles. The molecule has 0 radical (unpaired) electrons. The van der Waals surface area contributed by atoms with E-state index in [0.717, 1.165) is 25.7 Å². The molecule has 0 unspecified atom stereocenters. The Bertz CT molecular complexity index is 495. The van der Waals surface area contributed by atoms with Gasteiger partial charge in [0.1, 0.15) is 0 Å². The quantitative estimate of drug-likeness (QED) is 0.801. The molecule has 0 aliphatic heterocycles. The highest BCUT2D eigenvalue weighted by atomic mass is 16.2. The molecule has 0 spiro atoms. The van der Waals surface area contributed by atoms with Gasteiger partial charge < -0.3 is 10.2 Å². The summed E-state index contributed by atoms with van der Waals surface area (Å²) in [4.78, 5) is 25.5. The number of nitrogens with one attached hydrogen (secondary N) is 1. The molecule has 0 saturated heterocycles. The van der Waals surface area contributed by atoms with E-state index in [1.165, 1.54) is 18.4 Å². The molecule has 1 aromatic carbocycles. The summed E-state index contributed by atoms with van der Waals surface area (Å²) < 4.78 is 0. The third-order valence-corrected chi connectivity index (χ3v) is 4.51. The van der Waals surface area contributed by atoms with Crippen molar-refractivity contribution in [3.05, 3.63) is 35.9 Å². The number of hydrogen-bond acceptors (Lipinski definition) is 2. The average Bonchev–Trinajstić information content (AvgIpc) is 3.04. The molecule has 1 saturated carbocycles. The first-order valence-electron chi connectivity index (χ1n) is 8.74. The van der Waals surface area contributed by atoms with Crippen LogP contribution in [0.5, 0.6) is 0 Å². The second-order valence-electron chi connectivity index (χ2n) is 6.39. The molecule has 4 heteroatoms. The van der Waals surface area contributed by atoms with Gasteiger partial charge in [0.05, 0.1) is 0 Å². The molecule has 0 bridgehead atoms. The monoisotopic (exact) mass is 316 g/mol. The van der Waals surface area contributed by atoms with Gasteiger partial charge in [0, 0.05) is 32.5 Å². The Labute approximate surface area is 139 Å². The van der Waals surface area contributed by atoms with Crippen molar-refractivity contribution in [2.75, 3.05) is 13.1 Å². The highest BCUT2D eigenvalue weighted by Crippen LogP contribution is 2.17. The third-order valence-electron chi connectivity index (χ3n) is 4.51. The van der Waals surface area contributed by atoms with Gasteiger partial charge in [-0.3, -0.25) is 9.59 Å². The normalized spacial score (nSPS) is 14.7. The molecule has 1 aliphatic rings.